The quantitative estimate of drug-likeness (QED) is 0.0321. The van der Waals surface area contributed by atoms with Gasteiger partial charge in [0.2, 0.25) is 5.91 Å². The molecule has 7 heteroatoms. The highest BCUT2D eigenvalue weighted by Gasteiger charge is 2.19. The second kappa shape index (κ2) is 44.2. The van der Waals surface area contributed by atoms with Crippen molar-refractivity contribution in [2.45, 2.75) is 276 Å². The maximum atomic E-state index is 12.8. The Labute approximate surface area is 347 Å². The summed E-state index contributed by atoms with van der Waals surface area (Å²) in [6.07, 6.45) is 49.8. The summed E-state index contributed by atoms with van der Waals surface area (Å²) in [6, 6.07) is -0.854. The summed E-state index contributed by atoms with van der Waals surface area (Å²) in [4.78, 5) is 36.5. The van der Waals surface area contributed by atoms with E-state index < -0.39 is 12.0 Å². The molecule has 0 heterocycles. The summed E-state index contributed by atoms with van der Waals surface area (Å²) < 4.78 is 6.07. The Hall–Kier alpha value is -1.89. The molecule has 0 fully saturated rings. The summed E-state index contributed by atoms with van der Waals surface area (Å²) in [5.41, 5.74) is 5.49. The van der Waals surface area contributed by atoms with E-state index in [2.05, 4.69) is 31.3 Å². The van der Waals surface area contributed by atoms with E-state index in [9.17, 15) is 19.5 Å². The zero-order chi connectivity index (χ0) is 41.0. The van der Waals surface area contributed by atoms with Crippen molar-refractivity contribution in [3.05, 3.63) is 12.2 Å². The summed E-state index contributed by atoms with van der Waals surface area (Å²) in [6.45, 7) is 4.96. The van der Waals surface area contributed by atoms with Crippen molar-refractivity contribution in [2.24, 2.45) is 5.73 Å². The van der Waals surface area contributed by atoms with Gasteiger partial charge >= 0.3 is 11.9 Å². The van der Waals surface area contributed by atoms with Crippen LogP contribution in [0.2, 0.25) is 0 Å². The van der Waals surface area contributed by atoms with E-state index in [1.807, 2.05) is 0 Å². The normalized spacial score (nSPS) is 12.6. The van der Waals surface area contributed by atoms with Crippen LogP contribution in [-0.2, 0) is 19.1 Å². The predicted molar refractivity (Wildman–Crippen MR) is 239 cm³/mol. The fraction of sp³-hybridized carbons (Fsp3) is 0.898. The molecule has 0 radical (unpaired) electrons. The van der Waals surface area contributed by atoms with Crippen LogP contribution in [0.3, 0.4) is 0 Å². The molecule has 0 aromatic carbocycles. The molecule has 0 aliphatic rings. The van der Waals surface area contributed by atoms with E-state index in [0.717, 1.165) is 64.2 Å². The number of carboxylic acid groups (broad SMARTS) is 1. The van der Waals surface area contributed by atoms with E-state index in [4.69, 9.17) is 10.5 Å². The Bertz CT molecular complexity index is 894. The Morgan fingerprint density at radius 3 is 1.29 bits per heavy atom. The van der Waals surface area contributed by atoms with Gasteiger partial charge in [-0.15, -0.1) is 0 Å². The molecule has 0 aliphatic heterocycles. The van der Waals surface area contributed by atoms with Crippen LogP contribution in [0.15, 0.2) is 12.2 Å². The molecule has 0 spiro atoms. The number of amides is 1. The SMILES string of the molecule is CCCCCCCC/C=C\CCCCCCCCCCCC(=O)OC(CCCCCCCCCCCCC)CCCCCCCC(=O)NC(CCCN)C(=O)O. The number of nitrogens with one attached hydrogen (secondary N) is 1. The average molecular weight is 791 g/mol. The molecule has 0 saturated carbocycles. The minimum absolute atomic E-state index is 0.0174. The second-order valence-corrected chi connectivity index (χ2v) is 16.9. The molecule has 0 bridgehead atoms. The van der Waals surface area contributed by atoms with Crippen LogP contribution in [0.4, 0.5) is 0 Å². The third kappa shape index (κ3) is 40.3. The first kappa shape index (κ1) is 54.1. The maximum Gasteiger partial charge on any atom is 0.326 e. The van der Waals surface area contributed by atoms with Gasteiger partial charge in [0.1, 0.15) is 12.1 Å². The molecule has 2 unspecified atom stereocenters. The molecule has 0 saturated heterocycles. The third-order valence-corrected chi connectivity index (χ3v) is 11.3. The van der Waals surface area contributed by atoms with Gasteiger partial charge in [-0.25, -0.2) is 4.79 Å². The van der Waals surface area contributed by atoms with Crippen molar-refractivity contribution in [3.63, 3.8) is 0 Å². The van der Waals surface area contributed by atoms with E-state index in [0.29, 0.717) is 32.2 Å². The Morgan fingerprint density at radius 2 is 0.875 bits per heavy atom. The number of carbonyl (C=O) groups excluding carboxylic acids is 2. The molecular formula is C49H94N2O5. The number of hydrogen-bond acceptors (Lipinski definition) is 5. The van der Waals surface area contributed by atoms with Crippen LogP contribution in [0.1, 0.15) is 264 Å². The van der Waals surface area contributed by atoms with Crippen LogP contribution in [-0.4, -0.2) is 41.6 Å². The van der Waals surface area contributed by atoms with Crippen LogP contribution < -0.4 is 11.1 Å². The topological polar surface area (TPSA) is 119 Å². The number of carbonyl (C=O) groups is 3. The number of allylic oxidation sites excluding steroid dienone is 2. The molecular weight excluding hydrogens is 697 g/mol. The lowest BCUT2D eigenvalue weighted by Gasteiger charge is -2.18. The van der Waals surface area contributed by atoms with Crippen molar-refractivity contribution in [1.29, 1.82) is 0 Å². The van der Waals surface area contributed by atoms with E-state index in [-0.39, 0.29) is 18.0 Å². The van der Waals surface area contributed by atoms with Crippen LogP contribution >= 0.6 is 0 Å². The number of ether oxygens (including phenoxy) is 1. The monoisotopic (exact) mass is 791 g/mol. The first-order valence-corrected chi connectivity index (χ1v) is 24.5. The fourth-order valence-corrected chi connectivity index (χ4v) is 7.62. The lowest BCUT2D eigenvalue weighted by molar-refractivity contribution is -0.150. The van der Waals surface area contributed by atoms with Crippen molar-refractivity contribution in [3.8, 4) is 0 Å². The van der Waals surface area contributed by atoms with Gasteiger partial charge in [-0.2, -0.15) is 0 Å². The van der Waals surface area contributed by atoms with Gasteiger partial charge in [-0.1, -0.05) is 187 Å². The molecule has 0 aromatic heterocycles. The fourth-order valence-electron chi connectivity index (χ4n) is 7.62. The molecule has 7 nitrogen and oxygen atoms in total. The number of carboxylic acids is 1. The zero-order valence-electron chi connectivity index (χ0n) is 37.3. The standard InChI is InChI=1S/C49H94N2O5/c1-3-5-7-9-11-13-15-16-17-18-19-20-21-22-24-26-28-33-37-43-48(53)56-45(39-34-30-27-25-23-14-12-10-8-6-4-2)40-35-31-29-32-36-42-47(52)51-46(49(54)55)41-38-44-50/h16-17,45-46H,3-15,18-44,50H2,1-2H3,(H,51,52)(H,54,55)/b17-16-. The molecule has 0 aliphatic carbocycles. The van der Waals surface area contributed by atoms with E-state index in [1.54, 1.807) is 0 Å². The minimum atomic E-state index is -1.00. The first-order chi connectivity index (χ1) is 27.4. The average Bonchev–Trinajstić information content (AvgIpc) is 3.18. The highest BCUT2D eigenvalue weighted by Crippen LogP contribution is 2.19. The summed E-state index contributed by atoms with van der Waals surface area (Å²) in [5, 5.41) is 12.0. The molecule has 2 atom stereocenters. The molecule has 0 aromatic rings. The van der Waals surface area contributed by atoms with Gasteiger partial charge in [-0.3, -0.25) is 9.59 Å². The lowest BCUT2D eigenvalue weighted by Crippen LogP contribution is -2.40. The third-order valence-electron chi connectivity index (χ3n) is 11.3. The number of aliphatic carboxylic acids is 1. The Balaban J connectivity index is 4.20. The van der Waals surface area contributed by atoms with Gasteiger partial charge in [0, 0.05) is 12.8 Å². The summed E-state index contributed by atoms with van der Waals surface area (Å²) in [5.74, 6) is -1.22. The highest BCUT2D eigenvalue weighted by atomic mass is 16.5. The zero-order valence-corrected chi connectivity index (χ0v) is 37.3. The predicted octanol–water partition coefficient (Wildman–Crippen LogP) is 14.2. The van der Waals surface area contributed by atoms with Crippen molar-refractivity contribution < 1.29 is 24.2 Å². The van der Waals surface area contributed by atoms with E-state index >= 15 is 0 Å². The minimum Gasteiger partial charge on any atom is -0.480 e. The molecule has 4 N–H and O–H groups in total. The Kier molecular flexibility index (Phi) is 42.7. The smallest absolute Gasteiger partial charge is 0.326 e. The molecule has 1 amide bonds. The van der Waals surface area contributed by atoms with Crippen molar-refractivity contribution in [1.82, 2.24) is 5.32 Å². The van der Waals surface area contributed by atoms with Crippen molar-refractivity contribution in [2.75, 3.05) is 6.54 Å². The number of esters is 1. The van der Waals surface area contributed by atoms with Gasteiger partial charge in [0.25, 0.3) is 0 Å². The van der Waals surface area contributed by atoms with Gasteiger partial charge < -0.3 is 20.9 Å². The molecule has 330 valence electrons. The van der Waals surface area contributed by atoms with Gasteiger partial charge in [-0.05, 0) is 83.6 Å². The van der Waals surface area contributed by atoms with Crippen LogP contribution in [0, 0.1) is 0 Å². The number of hydrogen-bond donors (Lipinski definition) is 3. The highest BCUT2D eigenvalue weighted by molar-refractivity contribution is 5.83. The van der Waals surface area contributed by atoms with Crippen molar-refractivity contribution >= 4 is 17.8 Å². The largest absolute Gasteiger partial charge is 0.480 e. The number of nitrogens with two attached hydrogens (primary N) is 1. The number of unbranched alkanes of at least 4 members (excludes halogenated alkanes) is 29. The lowest BCUT2D eigenvalue weighted by atomic mass is 10.0. The van der Waals surface area contributed by atoms with Gasteiger partial charge in [0.15, 0.2) is 0 Å². The second-order valence-electron chi connectivity index (χ2n) is 16.9. The Morgan fingerprint density at radius 1 is 0.500 bits per heavy atom. The molecule has 0 rings (SSSR count). The van der Waals surface area contributed by atoms with E-state index in [1.165, 1.54) is 161 Å². The van der Waals surface area contributed by atoms with Crippen LogP contribution in [0.25, 0.3) is 0 Å². The molecule has 56 heavy (non-hydrogen) atoms. The summed E-state index contributed by atoms with van der Waals surface area (Å²) >= 11 is 0. The number of rotatable bonds is 45. The summed E-state index contributed by atoms with van der Waals surface area (Å²) in [7, 11) is 0. The maximum absolute atomic E-state index is 12.8. The van der Waals surface area contributed by atoms with Crippen LogP contribution in [0.5, 0.6) is 0 Å². The van der Waals surface area contributed by atoms with Gasteiger partial charge in [0.05, 0.1) is 0 Å². The first-order valence-electron chi connectivity index (χ1n) is 24.5.